The molecular weight excluding hydrogens is 288 g/mol. The van der Waals surface area contributed by atoms with Crippen molar-refractivity contribution in [2.45, 2.75) is 38.8 Å². The molecule has 122 valence electrons. The van der Waals surface area contributed by atoms with E-state index in [1.807, 2.05) is 24.3 Å². The zero-order chi connectivity index (χ0) is 16.1. The summed E-state index contributed by atoms with van der Waals surface area (Å²) in [4.78, 5) is 13.1. The Morgan fingerprint density at radius 3 is 2.57 bits per heavy atom. The Balaban J connectivity index is 1.51. The summed E-state index contributed by atoms with van der Waals surface area (Å²) in [6.45, 7) is 5.34. The van der Waals surface area contributed by atoms with Gasteiger partial charge in [-0.15, -0.1) is 0 Å². The second-order valence-corrected chi connectivity index (χ2v) is 6.08. The van der Waals surface area contributed by atoms with Gasteiger partial charge in [0.15, 0.2) is 0 Å². The zero-order valence-electron chi connectivity index (χ0n) is 13.7. The summed E-state index contributed by atoms with van der Waals surface area (Å²) in [7, 11) is 0. The van der Waals surface area contributed by atoms with Gasteiger partial charge in [-0.25, -0.2) is 9.97 Å². The van der Waals surface area contributed by atoms with E-state index in [4.69, 9.17) is 0 Å². The van der Waals surface area contributed by atoms with Gasteiger partial charge in [0.05, 0.1) is 11.4 Å². The van der Waals surface area contributed by atoms with Crippen molar-refractivity contribution in [1.82, 2.24) is 25.8 Å². The Hall–Kier alpha value is -2.05. The lowest BCUT2D eigenvalue weighted by atomic mass is 9.92. The molecule has 0 aromatic carbocycles. The summed E-state index contributed by atoms with van der Waals surface area (Å²) in [5, 5.41) is 3.32. The number of hydrazine groups is 1. The van der Waals surface area contributed by atoms with Gasteiger partial charge >= 0.3 is 0 Å². The number of pyridine rings is 1. The van der Waals surface area contributed by atoms with Crippen molar-refractivity contribution in [3.8, 4) is 11.4 Å². The fourth-order valence-corrected chi connectivity index (χ4v) is 3.05. The van der Waals surface area contributed by atoms with Gasteiger partial charge in [0.25, 0.3) is 0 Å². The maximum absolute atomic E-state index is 4.53. The highest BCUT2D eigenvalue weighted by molar-refractivity contribution is 5.54. The van der Waals surface area contributed by atoms with E-state index in [1.54, 1.807) is 12.4 Å². The Bertz CT molecular complexity index is 607. The molecule has 23 heavy (non-hydrogen) atoms. The molecule has 2 unspecified atom stereocenters. The minimum atomic E-state index is 0.522. The zero-order valence-corrected chi connectivity index (χ0v) is 13.7. The average molecular weight is 312 g/mol. The largest absolute Gasteiger partial charge is 0.354 e. The Kier molecular flexibility index (Phi) is 5.15. The highest BCUT2D eigenvalue weighted by Gasteiger charge is 2.28. The number of aromatic nitrogens is 3. The van der Waals surface area contributed by atoms with Crippen LogP contribution in [0.1, 0.15) is 26.7 Å². The van der Waals surface area contributed by atoms with Crippen molar-refractivity contribution in [1.29, 1.82) is 0 Å². The SMILES string of the molecule is CC1NNC(C)C1CCCNc1nccc(-c2ccccn2)n1. The summed E-state index contributed by atoms with van der Waals surface area (Å²) in [6.07, 6.45) is 5.82. The minimum absolute atomic E-state index is 0.522. The highest BCUT2D eigenvalue weighted by Crippen LogP contribution is 2.20. The third-order valence-electron chi connectivity index (χ3n) is 4.40. The summed E-state index contributed by atoms with van der Waals surface area (Å²) in [5.74, 6) is 1.33. The molecule has 3 heterocycles. The van der Waals surface area contributed by atoms with Crippen LogP contribution < -0.4 is 16.2 Å². The van der Waals surface area contributed by atoms with Gasteiger partial charge in [-0.05, 0) is 50.8 Å². The number of nitrogens with zero attached hydrogens (tertiary/aromatic N) is 3. The molecule has 0 spiro atoms. The number of nitrogens with one attached hydrogen (secondary N) is 3. The number of anilines is 1. The predicted molar refractivity (Wildman–Crippen MR) is 91.7 cm³/mol. The van der Waals surface area contributed by atoms with Gasteiger partial charge in [-0.2, -0.15) is 0 Å². The smallest absolute Gasteiger partial charge is 0.223 e. The van der Waals surface area contributed by atoms with Gasteiger partial charge in [0.2, 0.25) is 5.95 Å². The molecule has 0 saturated carbocycles. The number of hydrogen-bond donors (Lipinski definition) is 3. The van der Waals surface area contributed by atoms with Crippen molar-refractivity contribution in [2.24, 2.45) is 5.92 Å². The van der Waals surface area contributed by atoms with Crippen molar-refractivity contribution in [2.75, 3.05) is 11.9 Å². The lowest BCUT2D eigenvalue weighted by Crippen LogP contribution is -2.30. The first-order valence-electron chi connectivity index (χ1n) is 8.23. The third-order valence-corrected chi connectivity index (χ3v) is 4.40. The monoisotopic (exact) mass is 312 g/mol. The van der Waals surface area contributed by atoms with Crippen molar-refractivity contribution < 1.29 is 0 Å². The molecular formula is C17H24N6. The number of rotatable bonds is 6. The van der Waals surface area contributed by atoms with Crippen molar-refractivity contribution >= 4 is 5.95 Å². The van der Waals surface area contributed by atoms with Gasteiger partial charge in [0, 0.05) is 31.0 Å². The van der Waals surface area contributed by atoms with Gasteiger partial charge in [0.1, 0.15) is 0 Å². The molecule has 0 bridgehead atoms. The van der Waals surface area contributed by atoms with E-state index in [0.717, 1.165) is 24.4 Å². The van der Waals surface area contributed by atoms with E-state index in [1.165, 1.54) is 6.42 Å². The first kappa shape index (κ1) is 15.8. The van der Waals surface area contributed by atoms with Gasteiger partial charge in [-0.3, -0.25) is 15.8 Å². The molecule has 3 rings (SSSR count). The van der Waals surface area contributed by atoms with Crippen molar-refractivity contribution in [3.05, 3.63) is 36.7 Å². The van der Waals surface area contributed by atoms with E-state index in [9.17, 15) is 0 Å². The van der Waals surface area contributed by atoms with Crippen LogP contribution in [-0.2, 0) is 0 Å². The molecule has 1 aliphatic rings. The second kappa shape index (κ2) is 7.48. The Labute approximate surface area is 137 Å². The second-order valence-electron chi connectivity index (χ2n) is 6.08. The van der Waals surface area contributed by atoms with Crippen LogP contribution in [-0.4, -0.2) is 33.6 Å². The minimum Gasteiger partial charge on any atom is -0.354 e. The maximum Gasteiger partial charge on any atom is 0.223 e. The molecule has 0 aliphatic carbocycles. The molecule has 0 amide bonds. The van der Waals surface area contributed by atoms with E-state index < -0.39 is 0 Å². The van der Waals surface area contributed by atoms with Crippen LogP contribution in [0.25, 0.3) is 11.4 Å². The quantitative estimate of drug-likeness (QED) is 0.710. The van der Waals surface area contributed by atoms with Crippen LogP contribution in [0.4, 0.5) is 5.95 Å². The van der Waals surface area contributed by atoms with Crippen LogP contribution in [0, 0.1) is 5.92 Å². The lowest BCUT2D eigenvalue weighted by Gasteiger charge is -2.17. The van der Waals surface area contributed by atoms with Crippen LogP contribution in [0.2, 0.25) is 0 Å². The summed E-state index contributed by atoms with van der Waals surface area (Å²) in [5.41, 5.74) is 8.31. The summed E-state index contributed by atoms with van der Waals surface area (Å²) >= 11 is 0. The molecule has 1 fully saturated rings. The van der Waals surface area contributed by atoms with Gasteiger partial charge < -0.3 is 5.32 Å². The summed E-state index contributed by atoms with van der Waals surface area (Å²) in [6, 6.07) is 8.74. The lowest BCUT2D eigenvalue weighted by molar-refractivity contribution is 0.406. The van der Waals surface area contributed by atoms with E-state index >= 15 is 0 Å². The fraction of sp³-hybridized carbons (Fsp3) is 0.471. The molecule has 1 saturated heterocycles. The average Bonchev–Trinajstić information content (AvgIpc) is 2.91. The highest BCUT2D eigenvalue weighted by atomic mass is 15.4. The van der Waals surface area contributed by atoms with E-state index in [2.05, 4.69) is 45.0 Å². The topological polar surface area (TPSA) is 74.8 Å². The number of hydrogen-bond acceptors (Lipinski definition) is 6. The van der Waals surface area contributed by atoms with Crippen LogP contribution in [0.15, 0.2) is 36.7 Å². The standard InChI is InChI=1S/C17H24N6/c1-12-14(13(2)23-22-12)6-5-10-19-17-20-11-8-16(21-17)15-7-3-4-9-18-15/h3-4,7-9,11-14,22-23H,5-6,10H2,1-2H3,(H,19,20,21). The van der Waals surface area contributed by atoms with Crippen molar-refractivity contribution in [3.63, 3.8) is 0 Å². The molecule has 1 aliphatic heterocycles. The van der Waals surface area contributed by atoms with Crippen LogP contribution in [0.5, 0.6) is 0 Å². The Morgan fingerprint density at radius 1 is 1.00 bits per heavy atom. The fourth-order valence-electron chi connectivity index (χ4n) is 3.05. The first-order valence-corrected chi connectivity index (χ1v) is 8.23. The molecule has 2 aromatic rings. The Morgan fingerprint density at radius 2 is 1.83 bits per heavy atom. The van der Waals surface area contributed by atoms with Crippen LogP contribution >= 0.6 is 0 Å². The predicted octanol–water partition coefficient (Wildman–Crippen LogP) is 2.23. The molecule has 2 atom stereocenters. The molecule has 0 radical (unpaired) electrons. The van der Waals surface area contributed by atoms with E-state index in [-0.39, 0.29) is 0 Å². The third kappa shape index (κ3) is 4.03. The molecule has 6 nitrogen and oxygen atoms in total. The summed E-state index contributed by atoms with van der Waals surface area (Å²) < 4.78 is 0. The van der Waals surface area contributed by atoms with E-state index in [0.29, 0.717) is 23.9 Å². The molecule has 6 heteroatoms. The van der Waals surface area contributed by atoms with Crippen LogP contribution in [0.3, 0.4) is 0 Å². The molecule has 2 aromatic heterocycles. The van der Waals surface area contributed by atoms with Gasteiger partial charge in [-0.1, -0.05) is 6.07 Å². The normalized spacial score (nSPS) is 23.8. The molecule has 3 N–H and O–H groups in total. The first-order chi connectivity index (χ1) is 11.2. The maximum atomic E-state index is 4.53.